The third-order valence-electron chi connectivity index (χ3n) is 6.54. The highest BCUT2D eigenvalue weighted by Gasteiger charge is 2.48. The molecule has 4 aromatic heterocycles. The molecule has 1 aliphatic heterocycles. The van der Waals surface area contributed by atoms with Crippen LogP contribution in [-0.4, -0.2) is 33.0 Å². The Morgan fingerprint density at radius 2 is 2.16 bits per heavy atom. The number of rotatable bonds is 4. The number of halogens is 1. The first-order valence-electron chi connectivity index (χ1n) is 10.5. The molecule has 9 heteroatoms. The Bertz CT molecular complexity index is 1330. The van der Waals surface area contributed by atoms with Crippen molar-refractivity contribution in [2.45, 2.75) is 42.7 Å². The number of aromatic amines is 1. The van der Waals surface area contributed by atoms with E-state index < -0.39 is 0 Å². The second-order valence-electron chi connectivity index (χ2n) is 8.55. The van der Waals surface area contributed by atoms with Crippen LogP contribution in [-0.2, 0) is 6.42 Å². The largest absolute Gasteiger partial charge is 0.618 e. The maximum absolute atomic E-state index is 12.1. The van der Waals surface area contributed by atoms with Crippen LogP contribution in [0.3, 0.4) is 0 Å². The van der Waals surface area contributed by atoms with Crippen LogP contribution >= 0.6 is 23.4 Å². The normalized spacial score (nSPS) is 17.3. The van der Waals surface area contributed by atoms with Crippen molar-refractivity contribution >= 4 is 51.2 Å². The summed E-state index contributed by atoms with van der Waals surface area (Å²) in [6.07, 6.45) is 7.97. The Balaban J connectivity index is 1.41. The first-order chi connectivity index (χ1) is 15.0. The molecule has 0 amide bonds. The zero-order valence-electron chi connectivity index (χ0n) is 17.1. The lowest BCUT2D eigenvalue weighted by atomic mass is 9.63. The van der Waals surface area contributed by atoms with Gasteiger partial charge in [-0.25, -0.2) is 15.0 Å². The van der Waals surface area contributed by atoms with Crippen LogP contribution in [0.15, 0.2) is 40.6 Å². The molecule has 1 N–H and O–H groups in total. The van der Waals surface area contributed by atoms with Crippen molar-refractivity contribution in [3.05, 3.63) is 46.5 Å². The molecule has 0 aromatic carbocycles. The van der Waals surface area contributed by atoms with E-state index in [2.05, 4.69) is 21.8 Å². The van der Waals surface area contributed by atoms with Gasteiger partial charge in [-0.1, -0.05) is 24.9 Å². The molecule has 0 atom stereocenters. The molecule has 1 aliphatic carbocycles. The zero-order valence-corrected chi connectivity index (χ0v) is 18.6. The number of anilines is 1. The van der Waals surface area contributed by atoms with Gasteiger partial charge in [-0.2, -0.15) is 4.73 Å². The van der Waals surface area contributed by atoms with Gasteiger partial charge < -0.3 is 15.1 Å². The number of pyridine rings is 2. The first-order valence-corrected chi connectivity index (χ1v) is 11.7. The van der Waals surface area contributed by atoms with Crippen LogP contribution < -0.4 is 9.63 Å². The molecule has 0 bridgehead atoms. The molecular weight excluding hydrogens is 432 g/mol. The minimum absolute atomic E-state index is 0.477. The second-order valence-corrected chi connectivity index (χ2v) is 9.96. The molecule has 6 rings (SSSR count). The van der Waals surface area contributed by atoms with Crippen molar-refractivity contribution in [2.75, 3.05) is 18.0 Å². The Labute approximate surface area is 188 Å². The first kappa shape index (κ1) is 19.1. The quantitative estimate of drug-likeness (QED) is 0.279. The summed E-state index contributed by atoms with van der Waals surface area (Å²) in [4.78, 5) is 20.6. The van der Waals surface area contributed by atoms with Gasteiger partial charge in [0.25, 0.3) is 0 Å². The summed E-state index contributed by atoms with van der Waals surface area (Å²) in [5.41, 5.74) is 3.41. The van der Waals surface area contributed by atoms with Crippen molar-refractivity contribution < 1.29 is 4.73 Å². The maximum atomic E-state index is 12.1. The topological polar surface area (TPSA) is 84.6 Å². The molecule has 4 aromatic rings. The van der Waals surface area contributed by atoms with Crippen LogP contribution in [0.5, 0.6) is 0 Å². The number of hydrogen-bond donors (Lipinski definition) is 1. The lowest BCUT2D eigenvalue weighted by Gasteiger charge is -2.56. The molecular formula is C22H21ClN6OS. The Morgan fingerprint density at radius 3 is 2.90 bits per heavy atom. The van der Waals surface area contributed by atoms with Gasteiger partial charge in [0.2, 0.25) is 5.52 Å². The Hall–Kier alpha value is -2.58. The van der Waals surface area contributed by atoms with E-state index in [-0.39, 0.29) is 0 Å². The van der Waals surface area contributed by atoms with Crippen molar-refractivity contribution in [3.63, 3.8) is 0 Å². The highest BCUT2D eigenvalue weighted by Crippen LogP contribution is 2.50. The van der Waals surface area contributed by atoms with Crippen LogP contribution in [0.1, 0.15) is 31.9 Å². The van der Waals surface area contributed by atoms with Crippen molar-refractivity contribution in [2.24, 2.45) is 5.41 Å². The smallest absolute Gasteiger partial charge is 0.243 e. The molecule has 5 heterocycles. The average Bonchev–Trinajstić information content (AvgIpc) is 3.02. The Morgan fingerprint density at radius 1 is 1.32 bits per heavy atom. The van der Waals surface area contributed by atoms with E-state index in [1.807, 2.05) is 12.1 Å². The molecule has 1 saturated heterocycles. The summed E-state index contributed by atoms with van der Waals surface area (Å²) in [6.45, 7) is 4.13. The molecule has 0 unspecified atom stereocenters. The number of fused-ring (bicyclic) bond motifs is 2. The van der Waals surface area contributed by atoms with Gasteiger partial charge in [0.15, 0.2) is 11.4 Å². The van der Waals surface area contributed by atoms with Crippen molar-refractivity contribution in [3.8, 4) is 0 Å². The van der Waals surface area contributed by atoms with E-state index in [1.165, 1.54) is 37.2 Å². The number of nitrogens with one attached hydrogen (secondary N) is 1. The minimum Gasteiger partial charge on any atom is -0.618 e. The predicted octanol–water partition coefficient (Wildman–Crippen LogP) is 4.50. The summed E-state index contributed by atoms with van der Waals surface area (Å²) < 4.78 is 0.832. The van der Waals surface area contributed by atoms with E-state index in [0.29, 0.717) is 21.6 Å². The fraction of sp³-hybridized carbons (Fsp3) is 0.364. The predicted molar refractivity (Wildman–Crippen MR) is 122 cm³/mol. The van der Waals surface area contributed by atoms with E-state index in [4.69, 9.17) is 21.6 Å². The summed E-state index contributed by atoms with van der Waals surface area (Å²) >= 11 is 8.12. The standard InChI is InChI=1S/C22H21ClN6OS/c1-2-14-18(23)17-19(25-14)26-21(27-20(17)28-11-22(12-28)6-4-7-22)31-13-9-16-15(24-10-13)5-3-8-29(16)30/h3,5,8-10H,2,4,6-7,11-12H2,1H3,(H,25,26,27). The molecule has 1 spiro atoms. The lowest BCUT2D eigenvalue weighted by molar-refractivity contribution is -0.577. The second kappa shape index (κ2) is 6.97. The minimum atomic E-state index is 0.477. The van der Waals surface area contributed by atoms with Gasteiger partial charge in [0.05, 0.1) is 10.4 Å². The van der Waals surface area contributed by atoms with Crippen molar-refractivity contribution in [1.82, 2.24) is 19.9 Å². The molecule has 0 radical (unpaired) electrons. The van der Waals surface area contributed by atoms with E-state index in [1.54, 1.807) is 12.3 Å². The third kappa shape index (κ3) is 3.03. The molecule has 31 heavy (non-hydrogen) atoms. The van der Waals surface area contributed by atoms with Crippen LogP contribution in [0, 0.1) is 10.6 Å². The zero-order chi connectivity index (χ0) is 21.2. The van der Waals surface area contributed by atoms with Gasteiger partial charge in [-0.3, -0.25) is 0 Å². The van der Waals surface area contributed by atoms with Crippen LogP contribution in [0.2, 0.25) is 5.02 Å². The SMILES string of the molecule is CCc1[nH]c2nc(Sc3cnc4ccc[n+]([O-])c4c3)nc(N3CC4(CCC4)C3)c2c1Cl. The maximum Gasteiger partial charge on any atom is 0.243 e. The van der Waals surface area contributed by atoms with Crippen LogP contribution in [0.25, 0.3) is 22.1 Å². The van der Waals surface area contributed by atoms with Gasteiger partial charge in [0, 0.05) is 47.4 Å². The van der Waals surface area contributed by atoms with Crippen molar-refractivity contribution in [1.29, 1.82) is 0 Å². The summed E-state index contributed by atoms with van der Waals surface area (Å²) in [5, 5.41) is 14.4. The summed E-state index contributed by atoms with van der Waals surface area (Å²) in [6, 6.07) is 5.35. The lowest BCUT2D eigenvalue weighted by Crippen LogP contribution is -2.60. The number of aryl methyl sites for hydroxylation is 1. The Kier molecular flexibility index (Phi) is 4.30. The molecule has 2 aliphatic rings. The highest BCUT2D eigenvalue weighted by molar-refractivity contribution is 7.99. The van der Waals surface area contributed by atoms with Gasteiger partial charge >= 0.3 is 0 Å². The van der Waals surface area contributed by atoms with Gasteiger partial charge in [0.1, 0.15) is 17.0 Å². The number of nitrogens with zero attached hydrogens (tertiary/aromatic N) is 5. The fourth-order valence-corrected chi connectivity index (χ4v) is 5.81. The molecule has 2 fully saturated rings. The molecule has 7 nitrogen and oxygen atoms in total. The van der Waals surface area contributed by atoms with E-state index in [9.17, 15) is 5.21 Å². The molecule has 1 saturated carbocycles. The fourth-order valence-electron chi connectivity index (χ4n) is 4.70. The van der Waals surface area contributed by atoms with Crippen LogP contribution in [0.4, 0.5) is 5.82 Å². The van der Waals surface area contributed by atoms with E-state index in [0.717, 1.165) is 56.7 Å². The summed E-state index contributed by atoms with van der Waals surface area (Å²) in [7, 11) is 0. The number of H-pyrrole nitrogens is 1. The highest BCUT2D eigenvalue weighted by atomic mass is 35.5. The summed E-state index contributed by atoms with van der Waals surface area (Å²) in [5.74, 6) is 0.901. The average molecular weight is 453 g/mol. The number of aromatic nitrogens is 5. The monoisotopic (exact) mass is 452 g/mol. The van der Waals surface area contributed by atoms with Gasteiger partial charge in [-0.05, 0) is 37.1 Å². The number of hydrogen-bond acceptors (Lipinski definition) is 6. The molecule has 158 valence electrons. The van der Waals surface area contributed by atoms with E-state index >= 15 is 0 Å². The van der Waals surface area contributed by atoms with Gasteiger partial charge in [-0.15, -0.1) is 0 Å². The third-order valence-corrected chi connectivity index (χ3v) is 7.78.